The normalized spacial score (nSPS) is 12.7. The third-order valence-electron chi connectivity index (χ3n) is 2.72. The fraction of sp³-hybridized carbons (Fsp3) is 0.500. The summed E-state index contributed by atoms with van der Waals surface area (Å²) >= 11 is 0. The Bertz CT molecular complexity index is 556. The van der Waals surface area contributed by atoms with Crippen LogP contribution in [-0.4, -0.2) is 57.8 Å². The number of rotatable bonds is 6. The van der Waals surface area contributed by atoms with E-state index < -0.39 is 29.4 Å². The molecule has 0 saturated carbocycles. The summed E-state index contributed by atoms with van der Waals surface area (Å²) in [5.41, 5.74) is 0.194. The average Bonchev–Trinajstić information content (AvgIpc) is 2.36. The minimum Gasteiger partial charge on any atom is -0.395 e. The van der Waals surface area contributed by atoms with Crippen molar-refractivity contribution < 1.29 is 26.7 Å². The standard InChI is InChI=1S/C12H17F3N2O3S/c1-16(2)21(19,20)11-5-3-10(4-6-11)17(7-8-18)9-12(13,14)15/h3-6,18H,7-9H2,1-2H3. The van der Waals surface area contributed by atoms with Crippen molar-refractivity contribution in [3.8, 4) is 0 Å². The molecule has 0 amide bonds. The SMILES string of the molecule is CN(C)S(=O)(=O)c1ccc(N(CCO)CC(F)(F)F)cc1. The Kier molecular flexibility index (Phi) is 5.60. The zero-order valence-corrected chi connectivity index (χ0v) is 12.4. The van der Waals surface area contributed by atoms with Crippen molar-refractivity contribution in [3.05, 3.63) is 24.3 Å². The van der Waals surface area contributed by atoms with Crippen molar-refractivity contribution >= 4 is 15.7 Å². The Morgan fingerprint density at radius 3 is 2.05 bits per heavy atom. The predicted octanol–water partition coefficient (Wildman–Crippen LogP) is 1.30. The lowest BCUT2D eigenvalue weighted by Crippen LogP contribution is -2.36. The molecule has 0 aliphatic rings. The Hall–Kier alpha value is -1.32. The lowest BCUT2D eigenvalue weighted by Gasteiger charge is -2.25. The van der Waals surface area contributed by atoms with E-state index in [9.17, 15) is 21.6 Å². The first-order valence-electron chi connectivity index (χ1n) is 6.03. The van der Waals surface area contributed by atoms with E-state index in [1.54, 1.807) is 0 Å². The van der Waals surface area contributed by atoms with Crippen LogP contribution in [-0.2, 0) is 10.0 Å². The molecule has 0 fully saturated rings. The number of anilines is 1. The van der Waals surface area contributed by atoms with Crippen LogP contribution in [0.5, 0.6) is 0 Å². The molecule has 120 valence electrons. The van der Waals surface area contributed by atoms with Gasteiger partial charge in [0.05, 0.1) is 11.5 Å². The third-order valence-corrected chi connectivity index (χ3v) is 4.55. The van der Waals surface area contributed by atoms with E-state index in [0.717, 1.165) is 9.21 Å². The lowest BCUT2D eigenvalue weighted by molar-refractivity contribution is -0.119. The summed E-state index contributed by atoms with van der Waals surface area (Å²) in [6.45, 7) is -1.85. The van der Waals surface area contributed by atoms with Gasteiger partial charge in [-0.2, -0.15) is 13.2 Å². The second kappa shape index (κ2) is 6.63. The maximum Gasteiger partial charge on any atom is 0.405 e. The molecule has 0 aliphatic carbocycles. The highest BCUT2D eigenvalue weighted by Crippen LogP contribution is 2.23. The van der Waals surface area contributed by atoms with Crippen LogP contribution in [0.25, 0.3) is 0 Å². The summed E-state index contributed by atoms with van der Waals surface area (Å²) in [4.78, 5) is 0.929. The number of sulfonamides is 1. The van der Waals surface area contributed by atoms with Gasteiger partial charge >= 0.3 is 6.18 Å². The van der Waals surface area contributed by atoms with E-state index in [2.05, 4.69) is 0 Å². The molecule has 0 atom stereocenters. The summed E-state index contributed by atoms with van der Waals surface area (Å²) < 4.78 is 62.1. The van der Waals surface area contributed by atoms with Gasteiger partial charge in [0, 0.05) is 26.3 Å². The summed E-state index contributed by atoms with van der Waals surface area (Å²) in [5.74, 6) is 0. The van der Waals surface area contributed by atoms with Gasteiger partial charge in [0.2, 0.25) is 10.0 Å². The summed E-state index contributed by atoms with van der Waals surface area (Å²) in [7, 11) is -0.891. The van der Waals surface area contributed by atoms with Gasteiger partial charge in [-0.05, 0) is 24.3 Å². The number of halogens is 3. The minimum absolute atomic E-state index is 0.00722. The van der Waals surface area contributed by atoms with Crippen LogP contribution >= 0.6 is 0 Å². The Morgan fingerprint density at radius 2 is 1.67 bits per heavy atom. The highest BCUT2D eigenvalue weighted by atomic mass is 32.2. The lowest BCUT2D eigenvalue weighted by atomic mass is 10.3. The molecule has 0 spiro atoms. The molecule has 1 N–H and O–H groups in total. The van der Waals surface area contributed by atoms with Crippen LogP contribution in [0.1, 0.15) is 0 Å². The van der Waals surface area contributed by atoms with Crippen LogP contribution in [0.2, 0.25) is 0 Å². The van der Waals surface area contributed by atoms with E-state index in [1.807, 2.05) is 0 Å². The summed E-state index contributed by atoms with van der Waals surface area (Å²) in [6.07, 6.45) is -4.41. The van der Waals surface area contributed by atoms with Crippen molar-refractivity contribution in [2.45, 2.75) is 11.1 Å². The van der Waals surface area contributed by atoms with E-state index in [0.29, 0.717) is 0 Å². The quantitative estimate of drug-likeness (QED) is 0.856. The van der Waals surface area contributed by atoms with Crippen molar-refractivity contribution in [1.82, 2.24) is 4.31 Å². The molecule has 1 aromatic carbocycles. The Morgan fingerprint density at radius 1 is 1.14 bits per heavy atom. The first-order chi connectivity index (χ1) is 9.58. The zero-order valence-electron chi connectivity index (χ0n) is 11.6. The molecule has 21 heavy (non-hydrogen) atoms. The number of aliphatic hydroxyl groups is 1. The van der Waals surface area contributed by atoms with E-state index >= 15 is 0 Å². The second-order valence-electron chi connectivity index (χ2n) is 4.54. The van der Waals surface area contributed by atoms with Crippen LogP contribution in [0.4, 0.5) is 18.9 Å². The average molecular weight is 326 g/mol. The molecule has 0 aromatic heterocycles. The van der Waals surface area contributed by atoms with Crippen molar-refractivity contribution in [2.75, 3.05) is 38.7 Å². The largest absolute Gasteiger partial charge is 0.405 e. The second-order valence-corrected chi connectivity index (χ2v) is 6.69. The maximum absolute atomic E-state index is 12.5. The molecule has 0 unspecified atom stereocenters. The predicted molar refractivity (Wildman–Crippen MR) is 72.7 cm³/mol. The minimum atomic E-state index is -4.41. The summed E-state index contributed by atoms with van der Waals surface area (Å²) in [6, 6.07) is 5.06. The molecule has 0 saturated heterocycles. The van der Waals surface area contributed by atoms with Gasteiger partial charge in [0.1, 0.15) is 6.54 Å². The fourth-order valence-electron chi connectivity index (χ4n) is 1.68. The number of alkyl halides is 3. The number of aliphatic hydroxyl groups excluding tert-OH is 1. The van der Waals surface area contributed by atoms with Gasteiger partial charge in [-0.25, -0.2) is 12.7 Å². The van der Waals surface area contributed by atoms with Crippen LogP contribution in [0, 0.1) is 0 Å². The fourth-order valence-corrected chi connectivity index (χ4v) is 2.58. The number of hydrogen-bond acceptors (Lipinski definition) is 4. The van der Waals surface area contributed by atoms with Crippen molar-refractivity contribution in [1.29, 1.82) is 0 Å². The molecule has 0 aliphatic heterocycles. The van der Waals surface area contributed by atoms with Gasteiger partial charge in [-0.1, -0.05) is 0 Å². The first-order valence-corrected chi connectivity index (χ1v) is 7.47. The topological polar surface area (TPSA) is 60.9 Å². The van der Waals surface area contributed by atoms with E-state index in [-0.39, 0.29) is 17.1 Å². The van der Waals surface area contributed by atoms with E-state index in [1.165, 1.54) is 38.4 Å². The number of nitrogens with zero attached hydrogens (tertiary/aromatic N) is 2. The summed E-state index contributed by atoms with van der Waals surface area (Å²) in [5, 5.41) is 8.84. The molecule has 0 radical (unpaired) electrons. The molecular weight excluding hydrogens is 309 g/mol. The van der Waals surface area contributed by atoms with Gasteiger partial charge in [0.25, 0.3) is 0 Å². The van der Waals surface area contributed by atoms with Crippen LogP contribution in [0.15, 0.2) is 29.2 Å². The molecule has 0 bridgehead atoms. The maximum atomic E-state index is 12.5. The van der Waals surface area contributed by atoms with Crippen molar-refractivity contribution in [3.63, 3.8) is 0 Å². The highest BCUT2D eigenvalue weighted by Gasteiger charge is 2.31. The van der Waals surface area contributed by atoms with Crippen LogP contribution < -0.4 is 4.90 Å². The first kappa shape index (κ1) is 17.7. The number of hydrogen-bond donors (Lipinski definition) is 1. The Labute approximate surface area is 121 Å². The van der Waals surface area contributed by atoms with Gasteiger partial charge in [-0.15, -0.1) is 0 Å². The molecular formula is C12H17F3N2O3S. The molecule has 0 heterocycles. The van der Waals surface area contributed by atoms with E-state index in [4.69, 9.17) is 5.11 Å². The molecule has 1 aromatic rings. The molecule has 5 nitrogen and oxygen atoms in total. The highest BCUT2D eigenvalue weighted by molar-refractivity contribution is 7.89. The zero-order chi connectivity index (χ0) is 16.3. The van der Waals surface area contributed by atoms with Gasteiger partial charge < -0.3 is 10.0 Å². The third kappa shape index (κ3) is 4.87. The van der Waals surface area contributed by atoms with Crippen molar-refractivity contribution in [2.24, 2.45) is 0 Å². The van der Waals surface area contributed by atoms with Crippen LogP contribution in [0.3, 0.4) is 0 Å². The van der Waals surface area contributed by atoms with Gasteiger partial charge in [0.15, 0.2) is 0 Å². The van der Waals surface area contributed by atoms with Gasteiger partial charge in [-0.3, -0.25) is 0 Å². The number of benzene rings is 1. The molecule has 9 heteroatoms. The monoisotopic (exact) mass is 326 g/mol. The molecule has 1 rings (SSSR count). The Balaban J connectivity index is 3.03. The smallest absolute Gasteiger partial charge is 0.395 e.